The third-order valence-corrected chi connectivity index (χ3v) is 4.93. The van der Waals surface area contributed by atoms with E-state index in [4.69, 9.17) is 0 Å². The van der Waals surface area contributed by atoms with Crippen molar-refractivity contribution in [2.45, 2.75) is 32.6 Å². The van der Waals surface area contributed by atoms with Crippen LogP contribution in [0.15, 0.2) is 48.8 Å². The first-order valence-corrected chi connectivity index (χ1v) is 9.55. The minimum atomic E-state index is -0.408. The molecule has 3 aromatic rings. The van der Waals surface area contributed by atoms with E-state index in [1.54, 1.807) is 11.2 Å². The molecule has 0 radical (unpaired) electrons. The Bertz CT molecular complexity index is 1090. The first-order valence-electron chi connectivity index (χ1n) is 9.55. The maximum absolute atomic E-state index is 12.4. The molecule has 0 aliphatic carbocycles. The van der Waals surface area contributed by atoms with Crippen molar-refractivity contribution in [3.63, 3.8) is 0 Å². The van der Waals surface area contributed by atoms with E-state index in [1.807, 2.05) is 42.5 Å². The molecule has 29 heavy (non-hydrogen) atoms. The van der Waals surface area contributed by atoms with Gasteiger partial charge in [-0.3, -0.25) is 15.0 Å². The third-order valence-electron chi connectivity index (χ3n) is 4.93. The van der Waals surface area contributed by atoms with E-state index in [9.17, 15) is 9.59 Å². The number of imide groups is 1. The molecule has 1 saturated heterocycles. The summed E-state index contributed by atoms with van der Waals surface area (Å²) in [5.74, 6) is 0.417. The SMILES string of the molecule is CC(C)(C)c1cc(N2CCC(=O)NC2=O)cc2c(Nc3ccccc3)ncnc12. The van der Waals surface area contributed by atoms with Gasteiger partial charge in [-0.1, -0.05) is 39.0 Å². The van der Waals surface area contributed by atoms with Crippen LogP contribution in [0, 0.1) is 0 Å². The number of fused-ring (bicyclic) bond motifs is 1. The molecule has 0 unspecified atom stereocenters. The van der Waals surface area contributed by atoms with Gasteiger partial charge in [0.05, 0.1) is 5.52 Å². The molecule has 2 N–H and O–H groups in total. The molecule has 2 aromatic carbocycles. The summed E-state index contributed by atoms with van der Waals surface area (Å²) < 4.78 is 0. The number of hydrogen-bond acceptors (Lipinski definition) is 5. The predicted octanol–water partition coefficient (Wildman–Crippen LogP) is 4.12. The second kappa shape index (κ2) is 7.16. The number of carbonyl (C=O) groups is 2. The number of nitrogens with zero attached hydrogens (tertiary/aromatic N) is 3. The highest BCUT2D eigenvalue weighted by Crippen LogP contribution is 2.36. The maximum atomic E-state index is 12.4. The number of benzene rings is 2. The largest absolute Gasteiger partial charge is 0.340 e. The van der Waals surface area contributed by atoms with Gasteiger partial charge < -0.3 is 5.32 Å². The lowest BCUT2D eigenvalue weighted by Gasteiger charge is -2.29. The molecule has 0 spiro atoms. The summed E-state index contributed by atoms with van der Waals surface area (Å²) in [4.78, 5) is 34.6. The van der Waals surface area contributed by atoms with Crippen LogP contribution in [-0.4, -0.2) is 28.5 Å². The normalized spacial score (nSPS) is 14.8. The molecule has 1 fully saturated rings. The lowest BCUT2D eigenvalue weighted by Crippen LogP contribution is -2.49. The fourth-order valence-corrected chi connectivity index (χ4v) is 3.45. The van der Waals surface area contributed by atoms with Crippen LogP contribution in [0.5, 0.6) is 0 Å². The number of hydrogen-bond donors (Lipinski definition) is 2. The smallest absolute Gasteiger partial charge is 0.328 e. The first-order chi connectivity index (χ1) is 13.8. The van der Waals surface area contributed by atoms with Crippen LogP contribution in [0.25, 0.3) is 10.9 Å². The number of carbonyl (C=O) groups excluding carboxylic acids is 2. The molecule has 148 valence electrons. The van der Waals surface area contributed by atoms with Crippen molar-refractivity contribution in [2.24, 2.45) is 0 Å². The lowest BCUT2D eigenvalue weighted by atomic mass is 9.85. The van der Waals surface area contributed by atoms with Crippen LogP contribution in [0.2, 0.25) is 0 Å². The van der Waals surface area contributed by atoms with Gasteiger partial charge in [0, 0.05) is 29.7 Å². The summed E-state index contributed by atoms with van der Waals surface area (Å²) in [7, 11) is 0. The zero-order valence-corrected chi connectivity index (χ0v) is 16.7. The number of para-hydroxylation sites is 1. The van der Waals surface area contributed by atoms with Gasteiger partial charge in [0.2, 0.25) is 5.91 Å². The van der Waals surface area contributed by atoms with E-state index in [1.165, 1.54) is 0 Å². The van der Waals surface area contributed by atoms with E-state index >= 15 is 0 Å². The maximum Gasteiger partial charge on any atom is 0.328 e. The highest BCUT2D eigenvalue weighted by atomic mass is 16.2. The Morgan fingerprint density at radius 1 is 1.07 bits per heavy atom. The van der Waals surface area contributed by atoms with E-state index in [0.29, 0.717) is 12.4 Å². The summed E-state index contributed by atoms with van der Waals surface area (Å²) >= 11 is 0. The van der Waals surface area contributed by atoms with Crippen molar-refractivity contribution in [1.82, 2.24) is 15.3 Å². The molecule has 0 bridgehead atoms. The summed E-state index contributed by atoms with van der Waals surface area (Å²) in [6, 6.07) is 13.3. The highest BCUT2D eigenvalue weighted by molar-refractivity contribution is 6.07. The van der Waals surface area contributed by atoms with E-state index in [-0.39, 0.29) is 17.7 Å². The molecule has 0 saturated carbocycles. The third kappa shape index (κ3) is 3.76. The van der Waals surface area contributed by atoms with Crippen LogP contribution >= 0.6 is 0 Å². The molecule has 1 aliphatic rings. The van der Waals surface area contributed by atoms with Crippen molar-refractivity contribution in [3.05, 3.63) is 54.4 Å². The van der Waals surface area contributed by atoms with Crippen molar-refractivity contribution in [3.8, 4) is 0 Å². The number of rotatable bonds is 3. The van der Waals surface area contributed by atoms with Gasteiger partial charge in [-0.25, -0.2) is 14.8 Å². The summed E-state index contributed by atoms with van der Waals surface area (Å²) in [6.07, 6.45) is 1.82. The van der Waals surface area contributed by atoms with Crippen LogP contribution < -0.4 is 15.5 Å². The highest BCUT2D eigenvalue weighted by Gasteiger charge is 2.27. The summed E-state index contributed by atoms with van der Waals surface area (Å²) in [5.41, 5.74) is 3.28. The number of aromatic nitrogens is 2. The Labute approximate surface area is 169 Å². The first kappa shape index (κ1) is 18.9. The van der Waals surface area contributed by atoms with E-state index < -0.39 is 6.03 Å². The average molecular weight is 389 g/mol. The second-order valence-electron chi connectivity index (χ2n) is 8.11. The van der Waals surface area contributed by atoms with Crippen LogP contribution in [0.1, 0.15) is 32.8 Å². The molecule has 7 nitrogen and oxygen atoms in total. The van der Waals surface area contributed by atoms with Crippen LogP contribution in [-0.2, 0) is 10.2 Å². The molecule has 4 rings (SSSR count). The van der Waals surface area contributed by atoms with Crippen molar-refractivity contribution < 1.29 is 9.59 Å². The monoisotopic (exact) mass is 389 g/mol. The Kier molecular flexibility index (Phi) is 4.66. The molecular weight excluding hydrogens is 366 g/mol. The van der Waals surface area contributed by atoms with E-state index in [0.717, 1.165) is 27.8 Å². The Morgan fingerprint density at radius 3 is 2.52 bits per heavy atom. The minimum Gasteiger partial charge on any atom is -0.340 e. The van der Waals surface area contributed by atoms with Gasteiger partial charge in [-0.05, 0) is 35.2 Å². The van der Waals surface area contributed by atoms with Crippen molar-refractivity contribution >= 4 is 40.0 Å². The number of nitrogens with one attached hydrogen (secondary N) is 2. The Morgan fingerprint density at radius 2 is 1.83 bits per heavy atom. The number of anilines is 3. The predicted molar refractivity (Wildman–Crippen MR) is 113 cm³/mol. The van der Waals surface area contributed by atoms with Gasteiger partial charge in [-0.15, -0.1) is 0 Å². The Hall–Kier alpha value is -3.48. The Balaban J connectivity index is 1.88. The average Bonchev–Trinajstić information content (AvgIpc) is 2.68. The van der Waals surface area contributed by atoms with Crippen LogP contribution in [0.3, 0.4) is 0 Å². The van der Waals surface area contributed by atoms with Gasteiger partial charge in [0.1, 0.15) is 12.1 Å². The van der Waals surface area contributed by atoms with Crippen molar-refractivity contribution in [1.29, 1.82) is 0 Å². The molecule has 2 heterocycles. The molecule has 1 aliphatic heterocycles. The van der Waals surface area contributed by atoms with Gasteiger partial charge >= 0.3 is 6.03 Å². The summed E-state index contributed by atoms with van der Waals surface area (Å²) in [6.45, 7) is 6.67. The lowest BCUT2D eigenvalue weighted by molar-refractivity contribution is -0.120. The minimum absolute atomic E-state index is 0.200. The van der Waals surface area contributed by atoms with E-state index in [2.05, 4.69) is 41.4 Å². The van der Waals surface area contributed by atoms with Crippen LogP contribution in [0.4, 0.5) is 22.0 Å². The fourth-order valence-electron chi connectivity index (χ4n) is 3.45. The molecule has 7 heteroatoms. The van der Waals surface area contributed by atoms with Gasteiger partial charge in [0.25, 0.3) is 0 Å². The fraction of sp³-hybridized carbons (Fsp3) is 0.273. The molecule has 3 amide bonds. The number of amides is 3. The standard InChI is InChI=1S/C22H23N5O2/c1-22(2,3)17-12-15(27-10-9-18(28)26-21(27)29)11-16-19(17)23-13-24-20(16)25-14-7-5-4-6-8-14/h4-8,11-13H,9-10H2,1-3H3,(H,23,24,25)(H,26,28,29). The zero-order chi connectivity index (χ0) is 20.6. The van der Waals surface area contributed by atoms with Gasteiger partial charge in [0.15, 0.2) is 0 Å². The molecule has 0 atom stereocenters. The van der Waals surface area contributed by atoms with Crippen molar-refractivity contribution in [2.75, 3.05) is 16.8 Å². The topological polar surface area (TPSA) is 87.2 Å². The van der Waals surface area contributed by atoms with Gasteiger partial charge in [-0.2, -0.15) is 0 Å². The second-order valence-corrected chi connectivity index (χ2v) is 8.11. The zero-order valence-electron chi connectivity index (χ0n) is 16.7. The quantitative estimate of drug-likeness (QED) is 0.704. The molecule has 1 aromatic heterocycles. The molecular formula is C22H23N5O2. The number of urea groups is 1. The summed E-state index contributed by atoms with van der Waals surface area (Å²) in [5, 5.41) is 6.56.